The molecule has 1 amide bonds. The highest BCUT2D eigenvalue weighted by atomic mass is 79.9. The second-order valence-electron chi connectivity index (χ2n) is 5.55. The van der Waals surface area contributed by atoms with Crippen LogP contribution in [0.1, 0.15) is 23.6 Å². The fourth-order valence-electron chi connectivity index (χ4n) is 2.19. The predicted molar refractivity (Wildman–Crippen MR) is 104 cm³/mol. The van der Waals surface area contributed by atoms with Gasteiger partial charge in [0.1, 0.15) is 5.75 Å². The number of phenolic OH excluding ortho intramolecular Hbond substituents is 1. The van der Waals surface area contributed by atoms with Gasteiger partial charge in [-0.05, 0) is 50.1 Å². The molecule has 6 nitrogen and oxygen atoms in total. The van der Waals surface area contributed by atoms with Gasteiger partial charge in [0.15, 0.2) is 18.1 Å². The molecule has 0 aliphatic rings. The minimum Gasteiger partial charge on any atom is -0.504 e. The molecule has 7 heteroatoms. The normalized spacial score (nSPS) is 10.8. The molecule has 0 bridgehead atoms. The molecule has 2 aromatic carbocycles. The third-order valence-corrected chi connectivity index (χ3v) is 4.13. The highest BCUT2D eigenvalue weighted by Crippen LogP contribution is 2.32. The number of hydrazone groups is 1. The van der Waals surface area contributed by atoms with Crippen molar-refractivity contribution in [1.82, 2.24) is 5.43 Å². The summed E-state index contributed by atoms with van der Waals surface area (Å²) in [5.41, 5.74) is 4.87. The molecule has 26 heavy (non-hydrogen) atoms. The van der Waals surface area contributed by atoms with E-state index < -0.39 is 5.91 Å². The summed E-state index contributed by atoms with van der Waals surface area (Å²) >= 11 is 3.34. The number of benzene rings is 2. The third-order valence-electron chi connectivity index (χ3n) is 3.68. The number of aromatic hydroxyl groups is 1. The van der Waals surface area contributed by atoms with Crippen LogP contribution in [0, 0.1) is 13.8 Å². The first-order valence-electron chi connectivity index (χ1n) is 8.08. The number of aryl methyl sites for hydroxylation is 1. The van der Waals surface area contributed by atoms with Crippen molar-refractivity contribution in [2.24, 2.45) is 5.10 Å². The topological polar surface area (TPSA) is 80.2 Å². The van der Waals surface area contributed by atoms with Crippen LogP contribution in [-0.4, -0.2) is 30.4 Å². The number of nitrogens with one attached hydrogen (secondary N) is 1. The smallest absolute Gasteiger partial charge is 0.277 e. The number of amides is 1. The van der Waals surface area contributed by atoms with Gasteiger partial charge in [0.05, 0.1) is 12.8 Å². The van der Waals surface area contributed by atoms with Crippen molar-refractivity contribution >= 4 is 28.1 Å². The summed E-state index contributed by atoms with van der Waals surface area (Å²) in [4.78, 5) is 11.9. The van der Waals surface area contributed by atoms with E-state index in [1.54, 1.807) is 12.1 Å². The summed E-state index contributed by atoms with van der Waals surface area (Å²) < 4.78 is 11.6. The maximum Gasteiger partial charge on any atom is 0.277 e. The van der Waals surface area contributed by atoms with Gasteiger partial charge in [0.2, 0.25) is 0 Å². The lowest BCUT2D eigenvalue weighted by Crippen LogP contribution is -2.24. The molecule has 0 fully saturated rings. The average molecular weight is 421 g/mol. The second-order valence-corrected chi connectivity index (χ2v) is 6.47. The molecule has 2 rings (SSSR count). The van der Waals surface area contributed by atoms with E-state index in [0.717, 1.165) is 15.6 Å². The van der Waals surface area contributed by atoms with Crippen LogP contribution < -0.4 is 14.9 Å². The van der Waals surface area contributed by atoms with Crippen LogP contribution in [0.4, 0.5) is 0 Å². The minimum atomic E-state index is -0.401. The number of hydrogen-bond donors (Lipinski definition) is 2. The van der Waals surface area contributed by atoms with Gasteiger partial charge in [0, 0.05) is 10.0 Å². The van der Waals surface area contributed by atoms with Crippen LogP contribution in [0.5, 0.6) is 17.2 Å². The Hall–Kier alpha value is -2.54. The van der Waals surface area contributed by atoms with Crippen LogP contribution >= 0.6 is 15.9 Å². The van der Waals surface area contributed by atoms with Crippen LogP contribution in [0.25, 0.3) is 0 Å². The van der Waals surface area contributed by atoms with Crippen molar-refractivity contribution in [3.05, 3.63) is 51.5 Å². The lowest BCUT2D eigenvalue weighted by molar-refractivity contribution is -0.123. The first-order chi connectivity index (χ1) is 12.4. The van der Waals surface area contributed by atoms with Crippen molar-refractivity contribution in [2.75, 3.05) is 13.2 Å². The molecule has 0 saturated carbocycles. The SMILES string of the molecule is CCOc1cc(Br)cc(/C=N\NC(=O)COc2cccc(C)c2C)c1O. The van der Waals surface area contributed by atoms with Crippen molar-refractivity contribution in [3.63, 3.8) is 0 Å². The van der Waals surface area contributed by atoms with Crippen molar-refractivity contribution in [1.29, 1.82) is 0 Å². The quantitative estimate of drug-likeness (QED) is 0.528. The third kappa shape index (κ3) is 5.23. The zero-order valence-electron chi connectivity index (χ0n) is 14.9. The van der Waals surface area contributed by atoms with E-state index in [1.807, 2.05) is 39.0 Å². The van der Waals surface area contributed by atoms with Gasteiger partial charge in [-0.15, -0.1) is 0 Å². The summed E-state index contributed by atoms with van der Waals surface area (Å²) in [7, 11) is 0. The molecule has 138 valence electrons. The van der Waals surface area contributed by atoms with Crippen molar-refractivity contribution < 1.29 is 19.4 Å². The van der Waals surface area contributed by atoms with Gasteiger partial charge in [-0.2, -0.15) is 5.10 Å². The molecule has 0 spiro atoms. The summed E-state index contributed by atoms with van der Waals surface area (Å²) in [5, 5.41) is 14.0. The van der Waals surface area contributed by atoms with E-state index >= 15 is 0 Å². The Morgan fingerprint density at radius 2 is 2.04 bits per heavy atom. The zero-order chi connectivity index (χ0) is 19.1. The number of nitrogens with zero attached hydrogens (tertiary/aromatic N) is 1. The maximum absolute atomic E-state index is 11.9. The summed E-state index contributed by atoms with van der Waals surface area (Å²) in [6.07, 6.45) is 1.35. The van der Waals surface area contributed by atoms with Crippen molar-refractivity contribution in [3.8, 4) is 17.2 Å². The lowest BCUT2D eigenvalue weighted by atomic mass is 10.1. The first kappa shape index (κ1) is 19.8. The molecule has 0 saturated heterocycles. The van der Waals surface area contributed by atoms with Gasteiger partial charge in [-0.3, -0.25) is 4.79 Å². The highest BCUT2D eigenvalue weighted by molar-refractivity contribution is 9.10. The number of rotatable bonds is 7. The average Bonchev–Trinajstić information content (AvgIpc) is 2.60. The standard InChI is InChI=1S/C19H21BrN2O4/c1-4-25-17-9-15(20)8-14(19(17)24)10-21-22-18(23)11-26-16-7-5-6-12(2)13(16)3/h5-10,24H,4,11H2,1-3H3,(H,22,23)/b21-10-. The Morgan fingerprint density at radius 3 is 2.77 bits per heavy atom. The molecule has 0 atom stereocenters. The zero-order valence-corrected chi connectivity index (χ0v) is 16.5. The van der Waals surface area contributed by atoms with Crippen LogP contribution in [0.2, 0.25) is 0 Å². The van der Waals surface area contributed by atoms with E-state index in [2.05, 4.69) is 26.5 Å². The number of hydrogen-bond acceptors (Lipinski definition) is 5. The Morgan fingerprint density at radius 1 is 1.27 bits per heavy atom. The van der Waals surface area contributed by atoms with E-state index in [1.165, 1.54) is 6.21 Å². The highest BCUT2D eigenvalue weighted by Gasteiger charge is 2.09. The predicted octanol–water partition coefficient (Wildman–Crippen LogP) is 3.70. The Balaban J connectivity index is 1.96. The number of phenols is 1. The molecule has 0 radical (unpaired) electrons. The number of halogens is 1. The van der Waals surface area contributed by atoms with Gasteiger partial charge in [-0.1, -0.05) is 28.1 Å². The molecule has 0 heterocycles. The molecule has 0 aliphatic heterocycles. The molecule has 2 aromatic rings. The molecule has 0 aromatic heterocycles. The lowest BCUT2D eigenvalue weighted by Gasteiger charge is -2.10. The first-order valence-corrected chi connectivity index (χ1v) is 8.88. The van der Waals surface area contributed by atoms with Crippen LogP contribution in [-0.2, 0) is 4.79 Å². The van der Waals surface area contributed by atoms with Gasteiger partial charge in [-0.25, -0.2) is 5.43 Å². The molecule has 0 unspecified atom stereocenters. The Bertz CT molecular complexity index is 821. The van der Waals surface area contributed by atoms with Gasteiger partial charge in [0.25, 0.3) is 5.91 Å². The Kier molecular flexibility index (Phi) is 7.03. The summed E-state index contributed by atoms with van der Waals surface area (Å²) in [6, 6.07) is 8.99. The largest absolute Gasteiger partial charge is 0.504 e. The minimum absolute atomic E-state index is 0.0420. The number of carbonyl (C=O) groups is 1. The fraction of sp³-hybridized carbons (Fsp3) is 0.263. The molecule has 0 aliphatic carbocycles. The molecule has 2 N–H and O–H groups in total. The van der Waals surface area contributed by atoms with Gasteiger partial charge < -0.3 is 14.6 Å². The summed E-state index contributed by atoms with van der Waals surface area (Å²) in [5.74, 6) is 0.560. The van der Waals surface area contributed by atoms with E-state index in [4.69, 9.17) is 9.47 Å². The van der Waals surface area contributed by atoms with Crippen LogP contribution in [0.15, 0.2) is 39.9 Å². The number of carbonyl (C=O) groups excluding carboxylic acids is 1. The van der Waals surface area contributed by atoms with E-state index in [-0.39, 0.29) is 12.4 Å². The van der Waals surface area contributed by atoms with E-state index in [9.17, 15) is 9.90 Å². The molecular weight excluding hydrogens is 400 g/mol. The van der Waals surface area contributed by atoms with Crippen molar-refractivity contribution in [2.45, 2.75) is 20.8 Å². The molecular formula is C19H21BrN2O4. The Labute approximate surface area is 161 Å². The summed E-state index contributed by atoms with van der Waals surface area (Å²) in [6.45, 7) is 6.01. The van der Waals surface area contributed by atoms with Crippen LogP contribution in [0.3, 0.4) is 0 Å². The maximum atomic E-state index is 11.9. The second kappa shape index (κ2) is 9.24. The fourth-order valence-corrected chi connectivity index (χ4v) is 2.64. The monoisotopic (exact) mass is 420 g/mol. The van der Waals surface area contributed by atoms with E-state index in [0.29, 0.717) is 23.7 Å². The van der Waals surface area contributed by atoms with Gasteiger partial charge >= 0.3 is 0 Å². The number of ether oxygens (including phenoxy) is 2.